The molecule has 0 aromatic carbocycles. The summed E-state index contributed by atoms with van der Waals surface area (Å²) >= 11 is 0. The van der Waals surface area contributed by atoms with Crippen molar-refractivity contribution in [2.45, 2.75) is 39.2 Å². The van der Waals surface area contributed by atoms with Gasteiger partial charge in [-0.3, -0.25) is 0 Å². The predicted molar refractivity (Wildman–Crippen MR) is 75.1 cm³/mol. The third-order valence-corrected chi connectivity index (χ3v) is 4.26. The molecular formula is C14H31N3. The lowest BCUT2D eigenvalue weighted by Gasteiger charge is -2.29. The number of nitrogens with zero attached hydrogens (tertiary/aromatic N) is 2. The molecule has 0 aliphatic heterocycles. The lowest BCUT2D eigenvalue weighted by Crippen LogP contribution is -2.41. The second-order valence-electron chi connectivity index (χ2n) is 6.73. The van der Waals surface area contributed by atoms with Crippen molar-refractivity contribution < 1.29 is 0 Å². The first-order valence-electron chi connectivity index (χ1n) is 6.92. The summed E-state index contributed by atoms with van der Waals surface area (Å²) in [5.74, 6) is 0.689. The molecule has 0 bridgehead atoms. The van der Waals surface area contributed by atoms with Gasteiger partial charge in [0.2, 0.25) is 0 Å². The molecule has 1 aliphatic carbocycles. The molecule has 102 valence electrons. The number of rotatable bonds is 6. The van der Waals surface area contributed by atoms with Crippen molar-refractivity contribution in [1.82, 2.24) is 9.80 Å². The van der Waals surface area contributed by atoms with E-state index < -0.39 is 0 Å². The number of hydrogen-bond donors (Lipinski definition) is 1. The van der Waals surface area contributed by atoms with E-state index in [1.165, 1.54) is 32.4 Å². The van der Waals surface area contributed by atoms with E-state index in [-0.39, 0.29) is 0 Å². The van der Waals surface area contributed by atoms with Gasteiger partial charge in [-0.2, -0.15) is 0 Å². The summed E-state index contributed by atoms with van der Waals surface area (Å²) in [5.41, 5.74) is 6.69. The molecule has 2 atom stereocenters. The van der Waals surface area contributed by atoms with Crippen LogP contribution in [0.4, 0.5) is 0 Å². The average Bonchev–Trinajstić information content (AvgIpc) is 2.45. The van der Waals surface area contributed by atoms with Gasteiger partial charge in [0.15, 0.2) is 0 Å². The molecule has 17 heavy (non-hydrogen) atoms. The van der Waals surface area contributed by atoms with Crippen molar-refractivity contribution in [2.24, 2.45) is 17.1 Å². The fraction of sp³-hybridized carbons (Fsp3) is 1.00. The zero-order valence-electron chi connectivity index (χ0n) is 12.4. The Balaban J connectivity index is 2.25. The molecule has 0 amide bonds. The van der Waals surface area contributed by atoms with Crippen LogP contribution in [0.3, 0.4) is 0 Å². The minimum Gasteiger partial charge on any atom is -0.327 e. The van der Waals surface area contributed by atoms with Crippen molar-refractivity contribution >= 4 is 0 Å². The molecule has 3 heteroatoms. The van der Waals surface area contributed by atoms with Gasteiger partial charge >= 0.3 is 0 Å². The standard InChI is InChI=1S/C14H31N3/c1-14(2)8-7-12(13(14)15)11-17(5)10-6-9-16(3)4/h12-13H,6-11,15H2,1-5H3. The van der Waals surface area contributed by atoms with Crippen molar-refractivity contribution in [3.8, 4) is 0 Å². The lowest BCUT2D eigenvalue weighted by atomic mass is 9.85. The predicted octanol–water partition coefficient (Wildman–Crippen LogP) is 1.63. The van der Waals surface area contributed by atoms with E-state index in [2.05, 4.69) is 44.8 Å². The molecule has 1 saturated carbocycles. The molecule has 2 unspecified atom stereocenters. The van der Waals surface area contributed by atoms with Gasteiger partial charge in [-0.05, 0) is 64.8 Å². The Morgan fingerprint density at radius 2 is 1.82 bits per heavy atom. The van der Waals surface area contributed by atoms with Gasteiger partial charge in [-0.15, -0.1) is 0 Å². The Hall–Kier alpha value is -0.120. The van der Waals surface area contributed by atoms with Gasteiger partial charge < -0.3 is 15.5 Å². The summed E-state index contributed by atoms with van der Waals surface area (Å²) in [4.78, 5) is 4.70. The van der Waals surface area contributed by atoms with E-state index in [4.69, 9.17) is 5.73 Å². The Labute approximate surface area is 107 Å². The molecule has 1 fully saturated rings. The van der Waals surface area contributed by atoms with Crippen molar-refractivity contribution in [2.75, 3.05) is 40.8 Å². The van der Waals surface area contributed by atoms with Crippen LogP contribution in [0.5, 0.6) is 0 Å². The summed E-state index contributed by atoms with van der Waals surface area (Å²) in [6.07, 6.45) is 3.82. The summed E-state index contributed by atoms with van der Waals surface area (Å²) in [7, 11) is 6.50. The molecule has 0 radical (unpaired) electrons. The summed E-state index contributed by atoms with van der Waals surface area (Å²) < 4.78 is 0. The minimum absolute atomic E-state index is 0.342. The SMILES string of the molecule is CN(C)CCCN(C)CC1CCC(C)(C)C1N. The van der Waals surface area contributed by atoms with Gasteiger partial charge in [-0.25, -0.2) is 0 Å². The molecule has 0 heterocycles. The van der Waals surface area contributed by atoms with Crippen molar-refractivity contribution in [3.05, 3.63) is 0 Å². The molecule has 3 nitrogen and oxygen atoms in total. The third-order valence-electron chi connectivity index (χ3n) is 4.26. The fourth-order valence-electron chi connectivity index (χ4n) is 2.90. The van der Waals surface area contributed by atoms with Gasteiger partial charge in [0.1, 0.15) is 0 Å². The molecule has 0 spiro atoms. The summed E-state index contributed by atoms with van der Waals surface area (Å²) in [6.45, 7) is 8.14. The first-order chi connectivity index (χ1) is 7.83. The maximum Gasteiger partial charge on any atom is 0.0131 e. The summed E-state index contributed by atoms with van der Waals surface area (Å²) in [5, 5.41) is 0. The molecule has 0 saturated heterocycles. The first kappa shape index (κ1) is 14.9. The van der Waals surface area contributed by atoms with Crippen LogP contribution < -0.4 is 5.73 Å². The van der Waals surface area contributed by atoms with Crippen LogP contribution in [-0.2, 0) is 0 Å². The fourth-order valence-corrected chi connectivity index (χ4v) is 2.90. The van der Waals surface area contributed by atoms with Gasteiger partial charge in [0.25, 0.3) is 0 Å². The second kappa shape index (κ2) is 6.17. The van der Waals surface area contributed by atoms with Gasteiger partial charge in [-0.1, -0.05) is 13.8 Å². The third kappa shape index (κ3) is 4.57. The second-order valence-corrected chi connectivity index (χ2v) is 6.73. The molecular weight excluding hydrogens is 210 g/mol. The highest BCUT2D eigenvalue weighted by molar-refractivity contribution is 4.94. The monoisotopic (exact) mass is 241 g/mol. The highest BCUT2D eigenvalue weighted by Gasteiger charge is 2.39. The molecule has 2 N–H and O–H groups in total. The average molecular weight is 241 g/mol. The van der Waals surface area contributed by atoms with Gasteiger partial charge in [0.05, 0.1) is 0 Å². The number of hydrogen-bond acceptors (Lipinski definition) is 3. The summed E-state index contributed by atoms with van der Waals surface area (Å²) in [6, 6.07) is 0.374. The van der Waals surface area contributed by atoms with Crippen LogP contribution in [0.2, 0.25) is 0 Å². The van der Waals surface area contributed by atoms with Crippen LogP contribution in [0.25, 0.3) is 0 Å². The zero-order chi connectivity index (χ0) is 13.1. The zero-order valence-corrected chi connectivity index (χ0v) is 12.4. The first-order valence-corrected chi connectivity index (χ1v) is 6.92. The Bertz CT molecular complexity index is 226. The Morgan fingerprint density at radius 1 is 1.18 bits per heavy atom. The molecule has 1 aliphatic rings. The molecule has 0 aromatic heterocycles. The van der Waals surface area contributed by atoms with Gasteiger partial charge in [0, 0.05) is 12.6 Å². The van der Waals surface area contributed by atoms with Crippen LogP contribution >= 0.6 is 0 Å². The van der Waals surface area contributed by atoms with E-state index in [0.29, 0.717) is 17.4 Å². The van der Waals surface area contributed by atoms with Crippen molar-refractivity contribution in [3.63, 3.8) is 0 Å². The van der Waals surface area contributed by atoms with Crippen LogP contribution in [0, 0.1) is 11.3 Å². The van der Waals surface area contributed by atoms with E-state index in [0.717, 1.165) is 6.54 Å². The normalized spacial score (nSPS) is 28.2. The Morgan fingerprint density at radius 3 is 2.29 bits per heavy atom. The minimum atomic E-state index is 0.342. The van der Waals surface area contributed by atoms with E-state index in [9.17, 15) is 0 Å². The van der Waals surface area contributed by atoms with E-state index in [1.807, 2.05) is 0 Å². The highest BCUT2D eigenvalue weighted by atomic mass is 15.1. The van der Waals surface area contributed by atoms with Crippen LogP contribution in [0.1, 0.15) is 33.1 Å². The van der Waals surface area contributed by atoms with Crippen molar-refractivity contribution in [1.29, 1.82) is 0 Å². The van der Waals surface area contributed by atoms with Crippen LogP contribution in [0.15, 0.2) is 0 Å². The topological polar surface area (TPSA) is 32.5 Å². The molecule has 0 aromatic rings. The maximum absolute atomic E-state index is 6.35. The highest BCUT2D eigenvalue weighted by Crippen LogP contribution is 2.40. The quantitative estimate of drug-likeness (QED) is 0.767. The van der Waals surface area contributed by atoms with E-state index >= 15 is 0 Å². The largest absolute Gasteiger partial charge is 0.327 e. The lowest BCUT2D eigenvalue weighted by molar-refractivity contribution is 0.226. The van der Waals surface area contributed by atoms with Crippen LogP contribution in [-0.4, -0.2) is 56.6 Å². The van der Waals surface area contributed by atoms with E-state index in [1.54, 1.807) is 0 Å². The Kier molecular flexibility index (Phi) is 5.42. The molecule has 1 rings (SSSR count). The smallest absolute Gasteiger partial charge is 0.0131 e. The maximum atomic E-state index is 6.35. The number of nitrogens with two attached hydrogens (primary N) is 1.